The van der Waals surface area contributed by atoms with E-state index in [4.69, 9.17) is 0 Å². The van der Waals surface area contributed by atoms with Gasteiger partial charge >= 0.3 is 0 Å². The number of para-hydroxylation sites is 1. The number of hydrogen-bond donors (Lipinski definition) is 1. The average molecular weight is 391 g/mol. The van der Waals surface area contributed by atoms with Gasteiger partial charge in [0.05, 0.1) is 0 Å². The summed E-state index contributed by atoms with van der Waals surface area (Å²) in [5.41, 5.74) is 8.67. The first-order valence-corrected chi connectivity index (χ1v) is 10.4. The zero-order chi connectivity index (χ0) is 20.3. The lowest BCUT2D eigenvalue weighted by Gasteiger charge is -2.21. The zero-order valence-corrected chi connectivity index (χ0v) is 16.7. The number of benzene rings is 3. The van der Waals surface area contributed by atoms with E-state index in [1.54, 1.807) is 0 Å². The number of pyridine rings is 1. The predicted molar refractivity (Wildman–Crippen MR) is 120 cm³/mol. The zero-order valence-electron chi connectivity index (χ0n) is 16.7. The van der Waals surface area contributed by atoms with Gasteiger partial charge in [-0.15, -0.1) is 0 Å². The Morgan fingerprint density at radius 2 is 1.30 bits per heavy atom. The van der Waals surface area contributed by atoms with Crippen molar-refractivity contribution >= 4 is 5.71 Å². The number of nitrogens with zero attached hydrogens (tertiary/aromatic N) is 2. The molecular weight excluding hydrogens is 368 g/mol. The standard InChI is InChI=1S/C27H22N2O/c30-28-25-18-10-17-23-24(20-11-4-1-5-12-20)19-26(21-13-6-2-7-14-21)29(27(23)25)22-15-8-3-9-16-22/h1-9,11-16,19H,10,17-18H2/p+1. The fraction of sp³-hybridized carbons (Fsp3) is 0.111. The summed E-state index contributed by atoms with van der Waals surface area (Å²) in [6, 6.07) is 33.6. The van der Waals surface area contributed by atoms with Crippen molar-refractivity contribution in [3.8, 4) is 28.1 Å². The maximum atomic E-state index is 9.91. The van der Waals surface area contributed by atoms with Gasteiger partial charge < -0.3 is 5.21 Å². The van der Waals surface area contributed by atoms with Crippen LogP contribution in [-0.2, 0) is 6.42 Å². The van der Waals surface area contributed by atoms with Crippen molar-refractivity contribution < 1.29 is 9.77 Å². The van der Waals surface area contributed by atoms with Crippen LogP contribution in [-0.4, -0.2) is 10.9 Å². The van der Waals surface area contributed by atoms with Gasteiger partial charge in [-0.2, -0.15) is 4.57 Å². The molecular formula is C27H23N2O+. The minimum Gasteiger partial charge on any atom is -0.410 e. The van der Waals surface area contributed by atoms with Crippen LogP contribution in [0.1, 0.15) is 24.1 Å². The Labute approximate surface area is 176 Å². The van der Waals surface area contributed by atoms with Gasteiger partial charge in [0.15, 0.2) is 5.71 Å². The third-order valence-corrected chi connectivity index (χ3v) is 5.76. The van der Waals surface area contributed by atoms with Gasteiger partial charge in [-0.3, -0.25) is 0 Å². The van der Waals surface area contributed by atoms with Crippen LogP contribution >= 0.6 is 0 Å². The molecule has 1 N–H and O–H groups in total. The molecule has 0 unspecified atom stereocenters. The predicted octanol–water partition coefficient (Wildman–Crippen LogP) is 5.81. The first-order chi connectivity index (χ1) is 14.9. The van der Waals surface area contributed by atoms with Crippen LogP contribution in [0.4, 0.5) is 0 Å². The molecule has 1 aliphatic carbocycles. The Morgan fingerprint density at radius 3 is 1.93 bits per heavy atom. The molecule has 0 fully saturated rings. The maximum absolute atomic E-state index is 9.91. The van der Waals surface area contributed by atoms with E-state index < -0.39 is 0 Å². The third kappa shape index (κ3) is 3.18. The highest BCUT2D eigenvalue weighted by molar-refractivity contribution is 6.01. The largest absolute Gasteiger partial charge is 0.410 e. The van der Waals surface area contributed by atoms with Gasteiger partial charge in [-0.1, -0.05) is 71.9 Å². The molecule has 3 nitrogen and oxygen atoms in total. The van der Waals surface area contributed by atoms with Crippen molar-refractivity contribution in [2.24, 2.45) is 5.16 Å². The second-order valence-corrected chi connectivity index (χ2v) is 7.57. The minimum atomic E-state index is 0.745. The lowest BCUT2D eigenvalue weighted by atomic mass is 9.86. The van der Waals surface area contributed by atoms with E-state index in [9.17, 15) is 5.21 Å². The molecule has 3 aromatic carbocycles. The van der Waals surface area contributed by atoms with Crippen LogP contribution in [0.2, 0.25) is 0 Å². The summed E-state index contributed by atoms with van der Waals surface area (Å²) in [4.78, 5) is 0. The van der Waals surface area contributed by atoms with E-state index >= 15 is 0 Å². The SMILES string of the molecule is O/N=C1\CCCc2c(-c3ccccc3)cc(-c3ccccc3)[n+](-c3ccccc3)c21. The molecule has 3 heteroatoms. The van der Waals surface area contributed by atoms with E-state index in [1.807, 2.05) is 30.3 Å². The van der Waals surface area contributed by atoms with Crippen molar-refractivity contribution in [2.75, 3.05) is 0 Å². The van der Waals surface area contributed by atoms with Crippen LogP contribution in [0.15, 0.2) is 102 Å². The molecule has 0 amide bonds. The van der Waals surface area contributed by atoms with Crippen LogP contribution in [0.5, 0.6) is 0 Å². The summed E-state index contributed by atoms with van der Waals surface area (Å²) < 4.78 is 2.26. The summed E-state index contributed by atoms with van der Waals surface area (Å²) in [6.07, 6.45) is 2.70. The molecule has 0 bridgehead atoms. The fourth-order valence-corrected chi connectivity index (χ4v) is 4.42. The second kappa shape index (κ2) is 7.96. The van der Waals surface area contributed by atoms with Gasteiger partial charge in [-0.25, -0.2) is 0 Å². The van der Waals surface area contributed by atoms with Crippen molar-refractivity contribution in [1.82, 2.24) is 0 Å². The molecule has 1 aromatic heterocycles. The Bertz CT molecular complexity index is 1200. The smallest absolute Gasteiger partial charge is 0.240 e. The van der Waals surface area contributed by atoms with Gasteiger partial charge in [0.25, 0.3) is 0 Å². The summed E-state index contributed by atoms with van der Waals surface area (Å²) in [7, 11) is 0. The van der Waals surface area contributed by atoms with Gasteiger partial charge in [-0.05, 0) is 36.1 Å². The normalized spacial score (nSPS) is 14.5. The van der Waals surface area contributed by atoms with E-state index in [0.29, 0.717) is 0 Å². The molecule has 4 aromatic rings. The molecule has 0 radical (unpaired) electrons. The Kier molecular flexibility index (Phi) is 4.86. The highest BCUT2D eigenvalue weighted by atomic mass is 16.4. The molecule has 146 valence electrons. The molecule has 0 saturated heterocycles. The second-order valence-electron chi connectivity index (χ2n) is 7.57. The molecule has 1 heterocycles. The molecule has 30 heavy (non-hydrogen) atoms. The number of fused-ring (bicyclic) bond motifs is 1. The maximum Gasteiger partial charge on any atom is 0.240 e. The van der Waals surface area contributed by atoms with Gasteiger partial charge in [0.1, 0.15) is 0 Å². The van der Waals surface area contributed by atoms with E-state index in [-0.39, 0.29) is 0 Å². The lowest BCUT2D eigenvalue weighted by Crippen LogP contribution is -2.43. The number of aromatic nitrogens is 1. The number of hydrogen-bond acceptors (Lipinski definition) is 2. The lowest BCUT2D eigenvalue weighted by molar-refractivity contribution is -0.586. The van der Waals surface area contributed by atoms with Crippen LogP contribution < -0.4 is 4.57 Å². The van der Waals surface area contributed by atoms with E-state index in [2.05, 4.69) is 76.5 Å². The Hall–Kier alpha value is -3.72. The van der Waals surface area contributed by atoms with Gasteiger partial charge in [0, 0.05) is 35.7 Å². The third-order valence-electron chi connectivity index (χ3n) is 5.76. The van der Waals surface area contributed by atoms with E-state index in [0.717, 1.165) is 47.6 Å². The first kappa shape index (κ1) is 18.3. The first-order valence-electron chi connectivity index (χ1n) is 10.4. The molecule has 1 aliphatic rings. The molecule has 0 spiro atoms. The fourth-order valence-electron chi connectivity index (χ4n) is 4.42. The topological polar surface area (TPSA) is 36.5 Å². The average Bonchev–Trinajstić information content (AvgIpc) is 2.84. The van der Waals surface area contributed by atoms with Gasteiger partial charge in [0.2, 0.25) is 17.1 Å². The molecule has 0 saturated carbocycles. The molecule has 0 atom stereocenters. The highest BCUT2D eigenvalue weighted by Crippen LogP contribution is 2.34. The van der Waals surface area contributed by atoms with Crippen molar-refractivity contribution in [2.45, 2.75) is 19.3 Å². The van der Waals surface area contributed by atoms with Crippen LogP contribution in [0.25, 0.3) is 28.1 Å². The van der Waals surface area contributed by atoms with Crippen molar-refractivity contribution in [3.63, 3.8) is 0 Å². The van der Waals surface area contributed by atoms with Crippen molar-refractivity contribution in [3.05, 3.63) is 108 Å². The summed E-state index contributed by atoms with van der Waals surface area (Å²) >= 11 is 0. The summed E-state index contributed by atoms with van der Waals surface area (Å²) in [6.45, 7) is 0. The Morgan fingerprint density at radius 1 is 0.700 bits per heavy atom. The van der Waals surface area contributed by atoms with Crippen LogP contribution in [0.3, 0.4) is 0 Å². The quantitative estimate of drug-likeness (QED) is 0.267. The molecule has 5 rings (SSSR count). The van der Waals surface area contributed by atoms with Crippen LogP contribution in [0, 0.1) is 0 Å². The number of oxime groups is 1. The highest BCUT2D eigenvalue weighted by Gasteiger charge is 2.34. The molecule has 0 aliphatic heterocycles. The minimum absolute atomic E-state index is 0.745. The monoisotopic (exact) mass is 391 g/mol. The number of rotatable bonds is 3. The Balaban J connectivity index is 1.92. The summed E-state index contributed by atoms with van der Waals surface area (Å²) in [5.74, 6) is 0. The van der Waals surface area contributed by atoms with Crippen molar-refractivity contribution in [1.29, 1.82) is 0 Å². The van der Waals surface area contributed by atoms with E-state index in [1.165, 1.54) is 16.7 Å². The summed E-state index contributed by atoms with van der Waals surface area (Å²) in [5, 5.41) is 13.6.